The molecule has 0 bridgehead atoms. The number of nitrogens with zero attached hydrogens (tertiary/aromatic N) is 3. The van der Waals surface area contributed by atoms with Crippen molar-refractivity contribution in [1.29, 1.82) is 0 Å². The zero-order valence-electron chi connectivity index (χ0n) is 15.0. The van der Waals surface area contributed by atoms with Crippen LogP contribution in [0.2, 0.25) is 5.02 Å². The lowest BCUT2D eigenvalue weighted by Gasteiger charge is -2.11. The number of carbonyl (C=O) groups excluding carboxylic acids is 1. The Kier molecular flexibility index (Phi) is 5.36. The van der Waals surface area contributed by atoms with E-state index in [-0.39, 0.29) is 12.0 Å². The summed E-state index contributed by atoms with van der Waals surface area (Å²) in [5.41, 5.74) is 1.95. The molecule has 1 amide bonds. The maximum absolute atomic E-state index is 12.7. The molecular weight excluding hydrogens is 396 g/mol. The number of halogens is 1. The van der Waals surface area contributed by atoms with Crippen molar-refractivity contribution >= 4 is 40.7 Å². The Bertz CT molecular complexity index is 1040. The van der Waals surface area contributed by atoms with Gasteiger partial charge in [0.05, 0.1) is 5.69 Å². The molecular formula is C20H17ClN4O2S. The van der Waals surface area contributed by atoms with Crippen LogP contribution in [0.4, 0.5) is 5.69 Å². The minimum absolute atomic E-state index is 0.247. The average molecular weight is 413 g/mol. The lowest BCUT2D eigenvalue weighted by Crippen LogP contribution is -2.22. The Hall–Kier alpha value is -2.77. The van der Waals surface area contributed by atoms with Crippen molar-refractivity contribution in [1.82, 2.24) is 9.55 Å². The molecule has 8 heteroatoms. The molecule has 0 spiro atoms. The highest BCUT2D eigenvalue weighted by Crippen LogP contribution is 2.35. The maximum atomic E-state index is 12.7. The minimum Gasteiger partial charge on any atom is -0.387 e. The van der Waals surface area contributed by atoms with Gasteiger partial charge in [0.25, 0.3) is 5.91 Å². The van der Waals surface area contributed by atoms with Gasteiger partial charge in [0, 0.05) is 35.8 Å². The molecule has 3 aromatic rings. The van der Waals surface area contributed by atoms with Crippen molar-refractivity contribution in [3.05, 3.63) is 71.5 Å². The van der Waals surface area contributed by atoms with Gasteiger partial charge in [-0.1, -0.05) is 47.1 Å². The van der Waals surface area contributed by atoms with Crippen LogP contribution in [0.3, 0.4) is 0 Å². The third-order valence-electron chi connectivity index (χ3n) is 4.27. The molecule has 1 aliphatic heterocycles. The van der Waals surface area contributed by atoms with Gasteiger partial charge in [0.1, 0.15) is 5.71 Å². The monoisotopic (exact) mass is 412 g/mol. The van der Waals surface area contributed by atoms with Gasteiger partial charge in [-0.05, 0) is 35.5 Å². The van der Waals surface area contributed by atoms with Crippen molar-refractivity contribution in [2.24, 2.45) is 12.2 Å². The van der Waals surface area contributed by atoms with Crippen LogP contribution < -0.4 is 5.32 Å². The normalized spacial score (nSPS) is 15.8. The summed E-state index contributed by atoms with van der Waals surface area (Å²) in [5.74, 6) is -0.303. The highest BCUT2D eigenvalue weighted by Gasteiger charge is 2.27. The van der Waals surface area contributed by atoms with Crippen molar-refractivity contribution in [2.45, 2.75) is 22.6 Å². The molecule has 1 atom stereocenters. The number of oxime groups is 1. The molecule has 0 saturated carbocycles. The van der Waals surface area contributed by atoms with Gasteiger partial charge in [-0.25, -0.2) is 4.98 Å². The van der Waals surface area contributed by atoms with Crippen molar-refractivity contribution in [3.8, 4) is 0 Å². The van der Waals surface area contributed by atoms with E-state index in [4.69, 9.17) is 16.4 Å². The van der Waals surface area contributed by atoms with Crippen LogP contribution in [0.15, 0.2) is 76.1 Å². The molecule has 0 radical (unpaired) electrons. The first kappa shape index (κ1) is 18.6. The van der Waals surface area contributed by atoms with Crippen molar-refractivity contribution in [2.75, 3.05) is 5.32 Å². The molecule has 0 fully saturated rings. The predicted octanol–water partition coefficient (Wildman–Crippen LogP) is 4.68. The van der Waals surface area contributed by atoms with Crippen molar-refractivity contribution < 1.29 is 9.63 Å². The fraction of sp³-hybridized carbons (Fsp3) is 0.150. The molecule has 2 heterocycles. The molecule has 1 unspecified atom stereocenters. The number of aryl methyl sites for hydroxylation is 1. The van der Waals surface area contributed by atoms with E-state index in [2.05, 4.69) is 15.5 Å². The second-order valence-corrected chi connectivity index (χ2v) is 7.71. The summed E-state index contributed by atoms with van der Waals surface area (Å²) < 4.78 is 1.91. The molecule has 0 saturated heterocycles. The second-order valence-electron chi connectivity index (χ2n) is 6.26. The van der Waals surface area contributed by atoms with Gasteiger partial charge in [-0.15, -0.1) is 0 Å². The molecule has 6 nitrogen and oxygen atoms in total. The predicted molar refractivity (Wildman–Crippen MR) is 110 cm³/mol. The number of hydrogen-bond acceptors (Lipinski definition) is 5. The summed E-state index contributed by atoms with van der Waals surface area (Å²) in [6, 6.07) is 15.1. The van der Waals surface area contributed by atoms with E-state index < -0.39 is 0 Å². The number of amides is 1. The topological polar surface area (TPSA) is 68.5 Å². The highest BCUT2D eigenvalue weighted by atomic mass is 35.5. The molecule has 28 heavy (non-hydrogen) atoms. The third-order valence-corrected chi connectivity index (χ3v) is 5.66. The van der Waals surface area contributed by atoms with E-state index in [0.717, 1.165) is 15.6 Å². The molecule has 4 rings (SSSR count). The fourth-order valence-corrected chi connectivity index (χ4v) is 3.83. The largest absolute Gasteiger partial charge is 0.387 e. The first-order chi connectivity index (χ1) is 13.6. The van der Waals surface area contributed by atoms with E-state index in [0.29, 0.717) is 22.8 Å². The van der Waals surface area contributed by atoms with Crippen LogP contribution in [0.25, 0.3) is 0 Å². The number of nitrogens with one attached hydrogen (secondary N) is 1. The van der Waals surface area contributed by atoms with Gasteiger partial charge in [0.15, 0.2) is 11.3 Å². The second kappa shape index (κ2) is 8.08. The summed E-state index contributed by atoms with van der Waals surface area (Å²) >= 11 is 7.59. The Morgan fingerprint density at radius 3 is 2.86 bits per heavy atom. The van der Waals surface area contributed by atoms with E-state index in [9.17, 15) is 4.79 Å². The summed E-state index contributed by atoms with van der Waals surface area (Å²) in [4.78, 5) is 23.3. The molecule has 1 N–H and O–H groups in total. The number of aromatic nitrogens is 2. The Morgan fingerprint density at radius 1 is 1.29 bits per heavy atom. The lowest BCUT2D eigenvalue weighted by molar-refractivity contribution is -0.110. The van der Waals surface area contributed by atoms with Crippen LogP contribution in [-0.4, -0.2) is 21.2 Å². The molecule has 1 aliphatic rings. The Balaban J connectivity index is 1.49. The van der Waals surface area contributed by atoms with Crippen LogP contribution in [0.5, 0.6) is 0 Å². The number of hydrogen-bond donors (Lipinski definition) is 1. The Morgan fingerprint density at radius 2 is 2.11 bits per heavy atom. The number of rotatable bonds is 5. The zero-order chi connectivity index (χ0) is 19.5. The van der Waals surface area contributed by atoms with E-state index in [1.807, 2.05) is 54.2 Å². The van der Waals surface area contributed by atoms with E-state index >= 15 is 0 Å². The van der Waals surface area contributed by atoms with Gasteiger partial charge in [-0.2, -0.15) is 0 Å². The van der Waals surface area contributed by atoms with Crippen molar-refractivity contribution in [3.63, 3.8) is 0 Å². The smallest absolute Gasteiger partial charge is 0.273 e. The lowest BCUT2D eigenvalue weighted by atomic mass is 10.0. The number of carbonyl (C=O) groups is 1. The quantitative estimate of drug-likeness (QED) is 0.660. The first-order valence-corrected chi connectivity index (χ1v) is 9.83. The fourth-order valence-electron chi connectivity index (χ4n) is 2.79. The van der Waals surface area contributed by atoms with Gasteiger partial charge in [0.2, 0.25) is 0 Å². The Labute approximate surface area is 171 Å². The first-order valence-electron chi connectivity index (χ1n) is 8.64. The van der Waals surface area contributed by atoms with Crippen LogP contribution in [0, 0.1) is 0 Å². The van der Waals surface area contributed by atoms with Crippen LogP contribution in [-0.2, 0) is 16.7 Å². The summed E-state index contributed by atoms with van der Waals surface area (Å²) in [5, 5.41) is 8.23. The standard InChI is InChI=1S/C20H17ClN4O2S/c1-25-10-9-22-20(25)28-18-8-7-14(21)11-15(18)23-19(26)16-12-17(27-24-16)13-5-3-2-4-6-13/h2-11,17H,12H2,1H3,(H,23,26). The summed E-state index contributed by atoms with van der Waals surface area (Å²) in [6.45, 7) is 0. The molecule has 1 aromatic heterocycles. The van der Waals surface area contributed by atoms with Crippen LogP contribution >= 0.6 is 23.4 Å². The van der Waals surface area contributed by atoms with Gasteiger partial charge < -0.3 is 14.7 Å². The van der Waals surface area contributed by atoms with E-state index in [1.165, 1.54) is 11.8 Å². The molecule has 2 aromatic carbocycles. The summed E-state index contributed by atoms with van der Waals surface area (Å²) in [6.07, 6.45) is 3.76. The number of imidazole rings is 1. The van der Waals surface area contributed by atoms with Gasteiger partial charge in [-0.3, -0.25) is 4.79 Å². The SMILES string of the molecule is Cn1ccnc1Sc1ccc(Cl)cc1NC(=O)C1=NOC(c2ccccc2)C1. The molecule has 0 aliphatic carbocycles. The minimum atomic E-state index is -0.303. The zero-order valence-corrected chi connectivity index (χ0v) is 16.6. The van der Waals surface area contributed by atoms with Gasteiger partial charge >= 0.3 is 0 Å². The number of anilines is 1. The number of benzene rings is 2. The summed E-state index contributed by atoms with van der Waals surface area (Å²) in [7, 11) is 1.91. The average Bonchev–Trinajstić information content (AvgIpc) is 3.34. The third kappa shape index (κ3) is 4.05. The maximum Gasteiger partial charge on any atom is 0.273 e. The molecule has 142 valence electrons. The van der Waals surface area contributed by atoms with E-state index in [1.54, 1.807) is 18.3 Å². The van der Waals surface area contributed by atoms with Crippen LogP contribution in [0.1, 0.15) is 18.1 Å². The highest BCUT2D eigenvalue weighted by molar-refractivity contribution is 7.99.